The maximum Gasteiger partial charge on any atom is 0.0823 e. The summed E-state index contributed by atoms with van der Waals surface area (Å²) < 4.78 is 0. The van der Waals surface area contributed by atoms with Crippen LogP contribution in [0.1, 0.15) is 16.5 Å². The van der Waals surface area contributed by atoms with Crippen LogP contribution in [0.3, 0.4) is 0 Å². The van der Waals surface area contributed by atoms with Crippen molar-refractivity contribution in [2.45, 2.75) is 6.04 Å². The SMILES string of the molecule is NNC(c1cccs1)c1cncc2ccccc12. The van der Waals surface area contributed by atoms with Crippen LogP contribution in [-0.4, -0.2) is 4.98 Å². The predicted octanol–water partition coefficient (Wildman–Crippen LogP) is 2.85. The highest BCUT2D eigenvalue weighted by molar-refractivity contribution is 7.10. The van der Waals surface area contributed by atoms with Crippen molar-refractivity contribution in [2.24, 2.45) is 5.84 Å². The molecule has 0 aliphatic carbocycles. The Morgan fingerprint density at radius 1 is 1.11 bits per heavy atom. The van der Waals surface area contributed by atoms with Gasteiger partial charge in [0.2, 0.25) is 0 Å². The molecule has 2 aromatic heterocycles. The second kappa shape index (κ2) is 4.86. The Balaban J connectivity index is 2.18. The molecule has 3 nitrogen and oxygen atoms in total. The van der Waals surface area contributed by atoms with Crippen LogP contribution in [-0.2, 0) is 0 Å². The Hall–Kier alpha value is -1.75. The van der Waals surface area contributed by atoms with E-state index in [0.29, 0.717) is 0 Å². The van der Waals surface area contributed by atoms with E-state index in [1.54, 1.807) is 11.3 Å². The number of hydrogen-bond donors (Lipinski definition) is 2. The molecule has 3 rings (SSSR count). The molecule has 0 fully saturated rings. The van der Waals surface area contributed by atoms with Gasteiger partial charge in [-0.2, -0.15) is 0 Å². The van der Waals surface area contributed by atoms with Crippen LogP contribution >= 0.6 is 11.3 Å². The summed E-state index contributed by atoms with van der Waals surface area (Å²) in [5.74, 6) is 5.72. The summed E-state index contributed by atoms with van der Waals surface area (Å²) >= 11 is 1.69. The smallest absolute Gasteiger partial charge is 0.0823 e. The van der Waals surface area contributed by atoms with E-state index in [9.17, 15) is 0 Å². The molecule has 1 unspecified atom stereocenters. The Bertz CT molecular complexity index is 644. The molecule has 3 N–H and O–H groups in total. The third-order valence-electron chi connectivity index (χ3n) is 3.00. The van der Waals surface area contributed by atoms with Gasteiger partial charge in [0, 0.05) is 28.2 Å². The van der Waals surface area contributed by atoms with Crippen molar-refractivity contribution < 1.29 is 0 Å². The monoisotopic (exact) mass is 255 g/mol. The number of thiophene rings is 1. The van der Waals surface area contributed by atoms with Crippen molar-refractivity contribution in [3.63, 3.8) is 0 Å². The number of rotatable bonds is 3. The van der Waals surface area contributed by atoms with Crippen LogP contribution in [0.4, 0.5) is 0 Å². The van der Waals surface area contributed by atoms with Crippen molar-refractivity contribution in [1.82, 2.24) is 10.4 Å². The number of nitrogens with one attached hydrogen (secondary N) is 1. The molecule has 0 bridgehead atoms. The van der Waals surface area contributed by atoms with Crippen LogP contribution in [0.15, 0.2) is 54.2 Å². The highest BCUT2D eigenvalue weighted by Crippen LogP contribution is 2.29. The summed E-state index contributed by atoms with van der Waals surface area (Å²) in [5, 5.41) is 4.37. The number of hydrogen-bond acceptors (Lipinski definition) is 4. The zero-order valence-corrected chi connectivity index (χ0v) is 10.5. The molecule has 2 heterocycles. The number of benzene rings is 1. The molecule has 1 atom stereocenters. The highest BCUT2D eigenvalue weighted by Gasteiger charge is 2.16. The molecule has 0 saturated carbocycles. The van der Waals surface area contributed by atoms with E-state index in [0.717, 1.165) is 10.9 Å². The number of pyridine rings is 1. The zero-order valence-electron chi connectivity index (χ0n) is 9.71. The third-order valence-corrected chi connectivity index (χ3v) is 3.94. The van der Waals surface area contributed by atoms with E-state index in [2.05, 4.69) is 34.0 Å². The summed E-state index contributed by atoms with van der Waals surface area (Å²) in [6.07, 6.45) is 3.76. The van der Waals surface area contributed by atoms with E-state index >= 15 is 0 Å². The van der Waals surface area contributed by atoms with Gasteiger partial charge in [-0.15, -0.1) is 11.3 Å². The van der Waals surface area contributed by atoms with Crippen molar-refractivity contribution in [3.8, 4) is 0 Å². The van der Waals surface area contributed by atoms with Gasteiger partial charge in [0.05, 0.1) is 6.04 Å². The minimum Gasteiger partial charge on any atom is -0.271 e. The molecule has 0 spiro atoms. The fraction of sp³-hybridized carbons (Fsp3) is 0.0714. The number of hydrazine groups is 1. The van der Waals surface area contributed by atoms with Gasteiger partial charge in [-0.05, 0) is 16.8 Å². The topological polar surface area (TPSA) is 50.9 Å². The molecule has 18 heavy (non-hydrogen) atoms. The maximum atomic E-state index is 5.72. The summed E-state index contributed by atoms with van der Waals surface area (Å²) in [4.78, 5) is 5.49. The minimum atomic E-state index is -0.0106. The first kappa shape index (κ1) is 11.3. The predicted molar refractivity (Wildman–Crippen MR) is 75.2 cm³/mol. The van der Waals surface area contributed by atoms with Gasteiger partial charge in [0.1, 0.15) is 0 Å². The van der Waals surface area contributed by atoms with E-state index in [4.69, 9.17) is 5.84 Å². The Morgan fingerprint density at radius 3 is 2.78 bits per heavy atom. The molecule has 4 heteroatoms. The Morgan fingerprint density at radius 2 is 2.00 bits per heavy atom. The fourth-order valence-corrected chi connectivity index (χ4v) is 2.95. The Labute approximate surface area is 109 Å². The van der Waals surface area contributed by atoms with E-state index in [1.165, 1.54) is 10.3 Å². The van der Waals surface area contributed by atoms with Crippen molar-refractivity contribution in [1.29, 1.82) is 0 Å². The van der Waals surface area contributed by atoms with E-state index in [1.807, 2.05) is 30.6 Å². The quantitative estimate of drug-likeness (QED) is 0.559. The standard InChI is InChI=1S/C14H13N3S/c15-17-14(13-6-3-7-18-13)12-9-16-8-10-4-1-2-5-11(10)12/h1-9,14,17H,15H2. The van der Waals surface area contributed by atoms with Crippen molar-refractivity contribution >= 4 is 22.1 Å². The first-order chi connectivity index (χ1) is 8.90. The molecule has 0 saturated heterocycles. The third kappa shape index (κ3) is 1.90. The molecule has 1 aromatic carbocycles. The first-order valence-electron chi connectivity index (χ1n) is 5.72. The summed E-state index contributed by atoms with van der Waals surface area (Å²) in [5.41, 5.74) is 3.99. The lowest BCUT2D eigenvalue weighted by Crippen LogP contribution is -2.28. The second-order valence-corrected chi connectivity index (χ2v) is 5.04. The van der Waals surface area contributed by atoms with Gasteiger partial charge in [-0.25, -0.2) is 5.43 Å². The number of fused-ring (bicyclic) bond motifs is 1. The number of nitrogens with two attached hydrogens (primary N) is 1. The first-order valence-corrected chi connectivity index (χ1v) is 6.60. The highest BCUT2D eigenvalue weighted by atomic mass is 32.1. The van der Waals surface area contributed by atoms with Crippen LogP contribution < -0.4 is 11.3 Å². The Kier molecular flexibility index (Phi) is 3.06. The lowest BCUT2D eigenvalue weighted by atomic mass is 10.0. The molecule has 3 aromatic rings. The van der Waals surface area contributed by atoms with Crippen molar-refractivity contribution in [2.75, 3.05) is 0 Å². The van der Waals surface area contributed by atoms with Crippen LogP contribution in [0.2, 0.25) is 0 Å². The normalized spacial score (nSPS) is 12.7. The average molecular weight is 255 g/mol. The molecule has 0 aliphatic heterocycles. The molecular weight excluding hydrogens is 242 g/mol. The summed E-state index contributed by atoms with van der Waals surface area (Å²) in [6, 6.07) is 12.3. The van der Waals surface area contributed by atoms with Gasteiger partial charge < -0.3 is 0 Å². The average Bonchev–Trinajstić information content (AvgIpc) is 2.94. The second-order valence-electron chi connectivity index (χ2n) is 4.06. The molecule has 0 aliphatic rings. The number of nitrogens with zero attached hydrogens (tertiary/aromatic N) is 1. The number of aromatic nitrogens is 1. The van der Waals surface area contributed by atoms with Gasteiger partial charge in [0.15, 0.2) is 0 Å². The fourth-order valence-electron chi connectivity index (χ4n) is 2.15. The largest absolute Gasteiger partial charge is 0.271 e. The molecule has 0 amide bonds. The zero-order chi connectivity index (χ0) is 12.4. The van der Waals surface area contributed by atoms with Crippen molar-refractivity contribution in [3.05, 3.63) is 64.6 Å². The molecular formula is C14H13N3S. The minimum absolute atomic E-state index is 0.0106. The summed E-state index contributed by atoms with van der Waals surface area (Å²) in [6.45, 7) is 0. The van der Waals surface area contributed by atoms with Gasteiger partial charge in [-0.1, -0.05) is 30.3 Å². The van der Waals surface area contributed by atoms with Crippen LogP contribution in [0.25, 0.3) is 10.8 Å². The van der Waals surface area contributed by atoms with Gasteiger partial charge in [-0.3, -0.25) is 10.8 Å². The van der Waals surface area contributed by atoms with Crippen LogP contribution in [0.5, 0.6) is 0 Å². The van der Waals surface area contributed by atoms with Crippen LogP contribution in [0, 0.1) is 0 Å². The van der Waals surface area contributed by atoms with E-state index < -0.39 is 0 Å². The van der Waals surface area contributed by atoms with Gasteiger partial charge >= 0.3 is 0 Å². The van der Waals surface area contributed by atoms with Gasteiger partial charge in [0.25, 0.3) is 0 Å². The molecule has 0 radical (unpaired) electrons. The summed E-state index contributed by atoms with van der Waals surface area (Å²) in [7, 11) is 0. The maximum absolute atomic E-state index is 5.72. The molecule has 90 valence electrons. The van der Waals surface area contributed by atoms with E-state index in [-0.39, 0.29) is 6.04 Å². The lowest BCUT2D eigenvalue weighted by Gasteiger charge is -2.16. The lowest BCUT2D eigenvalue weighted by molar-refractivity contribution is 0.648.